The molecular weight excluding hydrogens is 352 g/mol. The van der Waals surface area contributed by atoms with Crippen LogP contribution in [-0.4, -0.2) is 34.1 Å². The first-order chi connectivity index (χ1) is 13.5. The van der Waals surface area contributed by atoms with Gasteiger partial charge < -0.3 is 10.4 Å². The highest BCUT2D eigenvalue weighted by Crippen LogP contribution is 2.29. The first kappa shape index (κ1) is 20.0. The van der Waals surface area contributed by atoms with Crippen LogP contribution in [0.2, 0.25) is 0 Å². The smallest absolute Gasteiger partial charge is 0.228 e. The zero-order chi connectivity index (χ0) is 20.1. The monoisotopic (exact) mass is 380 g/mol. The second kappa shape index (κ2) is 8.97. The van der Waals surface area contributed by atoms with Gasteiger partial charge in [-0.15, -0.1) is 0 Å². The third-order valence-corrected chi connectivity index (χ3v) is 5.51. The number of nitrogens with zero attached hydrogens (tertiary/aromatic N) is 3. The Morgan fingerprint density at radius 2 is 2.11 bits per heavy atom. The van der Waals surface area contributed by atoms with Gasteiger partial charge in [-0.2, -0.15) is 5.10 Å². The summed E-state index contributed by atoms with van der Waals surface area (Å²) < 4.78 is 1.77. The number of benzene rings is 1. The molecule has 148 valence electrons. The van der Waals surface area contributed by atoms with Gasteiger partial charge in [-0.05, 0) is 74.1 Å². The fourth-order valence-electron chi connectivity index (χ4n) is 3.65. The summed E-state index contributed by atoms with van der Waals surface area (Å²) in [5.41, 5.74) is 4.16. The van der Waals surface area contributed by atoms with Crippen LogP contribution in [0.15, 0.2) is 41.4 Å². The minimum atomic E-state index is -0.0317. The normalized spacial score (nSPS) is 20.0. The van der Waals surface area contributed by atoms with Crippen LogP contribution in [0.1, 0.15) is 36.8 Å². The maximum absolute atomic E-state index is 12.6. The van der Waals surface area contributed by atoms with Gasteiger partial charge in [-0.1, -0.05) is 12.1 Å². The summed E-state index contributed by atoms with van der Waals surface area (Å²) in [5.74, 6) is 0.738. The lowest BCUT2D eigenvalue weighted by atomic mass is 9.82. The maximum Gasteiger partial charge on any atom is 0.228 e. The third kappa shape index (κ3) is 4.75. The number of amides is 1. The lowest BCUT2D eigenvalue weighted by molar-refractivity contribution is -0.125. The molecule has 0 atom stereocenters. The van der Waals surface area contributed by atoms with Crippen molar-refractivity contribution in [3.05, 3.63) is 47.5 Å². The summed E-state index contributed by atoms with van der Waals surface area (Å²) >= 11 is 0. The number of carbonyl (C=O) groups is 1. The van der Waals surface area contributed by atoms with Gasteiger partial charge >= 0.3 is 0 Å². The Morgan fingerprint density at radius 1 is 1.36 bits per heavy atom. The minimum absolute atomic E-state index is 0.0175. The van der Waals surface area contributed by atoms with E-state index in [1.807, 2.05) is 38.5 Å². The molecule has 6 heteroatoms. The van der Waals surface area contributed by atoms with E-state index in [9.17, 15) is 9.90 Å². The Morgan fingerprint density at radius 3 is 2.71 bits per heavy atom. The van der Waals surface area contributed by atoms with Gasteiger partial charge in [0.2, 0.25) is 5.91 Å². The number of aliphatic hydroxyl groups excluding tert-OH is 1. The van der Waals surface area contributed by atoms with Crippen LogP contribution in [0.25, 0.3) is 17.2 Å². The number of aryl methyl sites for hydroxylation is 2. The van der Waals surface area contributed by atoms with Crippen molar-refractivity contribution in [1.29, 1.82) is 0 Å². The fourth-order valence-corrected chi connectivity index (χ4v) is 3.65. The average molecular weight is 380 g/mol. The van der Waals surface area contributed by atoms with Crippen LogP contribution in [0.5, 0.6) is 0 Å². The quantitative estimate of drug-likeness (QED) is 0.755. The molecule has 0 unspecified atom stereocenters. The van der Waals surface area contributed by atoms with Gasteiger partial charge in [0, 0.05) is 31.3 Å². The molecule has 0 aliphatic heterocycles. The largest absolute Gasteiger partial charge is 0.396 e. The van der Waals surface area contributed by atoms with Crippen LogP contribution in [-0.2, 0) is 11.8 Å². The highest BCUT2D eigenvalue weighted by atomic mass is 16.3. The van der Waals surface area contributed by atoms with Crippen molar-refractivity contribution in [1.82, 2.24) is 15.1 Å². The van der Waals surface area contributed by atoms with Gasteiger partial charge in [-0.25, -0.2) is 4.99 Å². The van der Waals surface area contributed by atoms with E-state index in [0.717, 1.165) is 47.9 Å². The second-order valence-electron chi connectivity index (χ2n) is 7.55. The Hall–Kier alpha value is -2.73. The number of aromatic nitrogens is 2. The van der Waals surface area contributed by atoms with Gasteiger partial charge in [0.05, 0.1) is 6.20 Å². The topological polar surface area (TPSA) is 79.5 Å². The molecule has 1 aromatic heterocycles. The zero-order valence-corrected chi connectivity index (χ0v) is 16.6. The number of hydrogen-bond donors (Lipinski definition) is 2. The van der Waals surface area contributed by atoms with Gasteiger partial charge in [0.1, 0.15) is 5.82 Å². The van der Waals surface area contributed by atoms with Crippen molar-refractivity contribution < 1.29 is 9.90 Å². The summed E-state index contributed by atoms with van der Waals surface area (Å²) in [6.45, 7) is 5.85. The summed E-state index contributed by atoms with van der Waals surface area (Å²) in [6, 6.07) is 6.17. The highest BCUT2D eigenvalue weighted by Gasteiger charge is 2.26. The molecule has 1 aliphatic rings. The Labute approximate surface area is 166 Å². The van der Waals surface area contributed by atoms with Gasteiger partial charge in [-0.3, -0.25) is 9.48 Å². The van der Waals surface area contributed by atoms with Crippen LogP contribution in [0.4, 0.5) is 0 Å². The van der Waals surface area contributed by atoms with Crippen LogP contribution < -0.4 is 5.32 Å². The van der Waals surface area contributed by atoms with E-state index in [0.29, 0.717) is 11.7 Å². The van der Waals surface area contributed by atoms with E-state index >= 15 is 0 Å². The fraction of sp³-hybridized carbons (Fsp3) is 0.409. The van der Waals surface area contributed by atoms with Gasteiger partial charge in [0.15, 0.2) is 0 Å². The number of hydrogen-bond acceptors (Lipinski definition) is 4. The van der Waals surface area contributed by atoms with E-state index in [1.54, 1.807) is 4.68 Å². The predicted octanol–water partition coefficient (Wildman–Crippen LogP) is 3.31. The van der Waals surface area contributed by atoms with Crippen LogP contribution in [0.3, 0.4) is 0 Å². The van der Waals surface area contributed by atoms with Crippen molar-refractivity contribution in [2.45, 2.75) is 32.6 Å². The van der Waals surface area contributed by atoms with Crippen molar-refractivity contribution >= 4 is 18.7 Å². The number of aliphatic hydroxyl groups is 1. The average Bonchev–Trinajstić information content (AvgIpc) is 3.15. The second-order valence-corrected chi connectivity index (χ2v) is 7.55. The zero-order valence-electron chi connectivity index (χ0n) is 16.6. The summed E-state index contributed by atoms with van der Waals surface area (Å²) in [4.78, 5) is 16.6. The molecule has 1 saturated carbocycles. The van der Waals surface area contributed by atoms with E-state index in [4.69, 9.17) is 0 Å². The van der Waals surface area contributed by atoms with E-state index in [-0.39, 0.29) is 18.4 Å². The molecule has 6 nitrogen and oxygen atoms in total. The Balaban J connectivity index is 1.75. The van der Waals surface area contributed by atoms with E-state index < -0.39 is 0 Å². The number of carbonyl (C=O) groups excluding carboxylic acids is 1. The molecule has 3 rings (SSSR count). The molecule has 1 aromatic carbocycles. The van der Waals surface area contributed by atoms with Crippen LogP contribution >= 0.6 is 0 Å². The SMILES string of the molecule is C=N/C(=C\c1cc(-c2cnn(C)c2)ccc1C)NC(=O)[C@H]1CC[C@H](CO)CC1. The van der Waals surface area contributed by atoms with E-state index in [2.05, 4.69) is 34.3 Å². The predicted molar refractivity (Wildman–Crippen MR) is 112 cm³/mol. The molecule has 1 heterocycles. The molecule has 1 amide bonds. The molecule has 1 aliphatic carbocycles. The lowest BCUT2D eigenvalue weighted by Gasteiger charge is -2.26. The summed E-state index contributed by atoms with van der Waals surface area (Å²) in [6.07, 6.45) is 9.04. The first-order valence-electron chi connectivity index (χ1n) is 9.70. The van der Waals surface area contributed by atoms with Gasteiger partial charge in [0.25, 0.3) is 0 Å². The number of aliphatic imine (C=N–C) groups is 1. The molecule has 1 fully saturated rings. The number of nitrogens with one attached hydrogen (secondary N) is 1. The molecule has 2 aromatic rings. The molecule has 2 N–H and O–H groups in total. The molecule has 0 spiro atoms. The Bertz CT molecular complexity index is 876. The first-order valence-corrected chi connectivity index (χ1v) is 9.70. The van der Waals surface area contributed by atoms with Crippen molar-refractivity contribution in [3.8, 4) is 11.1 Å². The van der Waals surface area contributed by atoms with E-state index in [1.165, 1.54) is 0 Å². The molecular formula is C22H28N4O2. The lowest BCUT2D eigenvalue weighted by Crippen LogP contribution is -2.32. The van der Waals surface area contributed by atoms with Crippen LogP contribution in [0, 0.1) is 18.8 Å². The number of rotatable bonds is 6. The molecule has 0 radical (unpaired) electrons. The van der Waals surface area contributed by atoms with Crippen molar-refractivity contribution in [2.24, 2.45) is 23.9 Å². The Kier molecular flexibility index (Phi) is 6.41. The van der Waals surface area contributed by atoms with Crippen molar-refractivity contribution in [2.75, 3.05) is 6.61 Å². The summed E-state index contributed by atoms with van der Waals surface area (Å²) in [7, 11) is 1.89. The summed E-state index contributed by atoms with van der Waals surface area (Å²) in [5, 5.41) is 16.4. The minimum Gasteiger partial charge on any atom is -0.396 e. The standard InChI is InChI=1S/C22H28N4O2/c1-15-4-7-18(20-12-24-26(3)13-20)10-19(15)11-21(23-2)25-22(28)17-8-5-16(14-27)6-9-17/h4,7,10-13,16-17,27H,2,5-6,8-9,14H2,1,3H3,(H,25,28)/b21-11+/t16-,17-. The highest BCUT2D eigenvalue weighted by molar-refractivity contribution is 5.82. The maximum atomic E-state index is 12.6. The molecule has 28 heavy (non-hydrogen) atoms. The molecule has 0 bridgehead atoms. The third-order valence-electron chi connectivity index (χ3n) is 5.51. The van der Waals surface area contributed by atoms with Crippen molar-refractivity contribution in [3.63, 3.8) is 0 Å². The molecule has 0 saturated heterocycles.